The number of sulfonamides is 1. The van der Waals surface area contributed by atoms with Crippen LogP contribution in [0.15, 0.2) is 77.7 Å². The Balaban J connectivity index is 1.93. The van der Waals surface area contributed by atoms with Crippen LogP contribution in [0, 0.1) is 5.82 Å². The topological polar surface area (TPSA) is 66.5 Å². The largest absolute Gasteiger partial charge is 0.322 e. The molecule has 3 aromatic rings. The van der Waals surface area contributed by atoms with Crippen LogP contribution in [0.2, 0.25) is 10.0 Å². The molecule has 0 atom stereocenters. The Bertz CT molecular complexity index is 1160. The van der Waals surface area contributed by atoms with Gasteiger partial charge in [-0.3, -0.25) is 4.79 Å². The van der Waals surface area contributed by atoms with Gasteiger partial charge in [0.2, 0.25) is 15.9 Å². The average Bonchev–Trinajstić information content (AvgIpc) is 2.71. The molecule has 0 spiro atoms. The molecule has 3 rings (SSSR count). The Kier molecular flexibility index (Phi) is 7.10. The maximum atomic E-state index is 13.9. The summed E-state index contributed by atoms with van der Waals surface area (Å²) in [5.41, 5.74) is 0.623. The predicted molar refractivity (Wildman–Crippen MR) is 116 cm³/mol. The van der Waals surface area contributed by atoms with Crippen LogP contribution in [0.5, 0.6) is 0 Å². The number of rotatable bonds is 7. The van der Waals surface area contributed by atoms with Gasteiger partial charge >= 0.3 is 0 Å². The minimum atomic E-state index is -4.19. The number of halogens is 3. The van der Waals surface area contributed by atoms with Crippen LogP contribution in [0.3, 0.4) is 0 Å². The Hall–Kier alpha value is -2.45. The third-order valence-corrected chi connectivity index (χ3v) is 6.69. The smallest absolute Gasteiger partial charge is 0.245 e. The van der Waals surface area contributed by atoms with Crippen molar-refractivity contribution in [1.29, 1.82) is 0 Å². The zero-order valence-corrected chi connectivity index (χ0v) is 17.9. The second-order valence-electron chi connectivity index (χ2n) is 6.36. The molecule has 0 heterocycles. The van der Waals surface area contributed by atoms with E-state index in [-0.39, 0.29) is 27.2 Å². The van der Waals surface area contributed by atoms with Gasteiger partial charge in [0.15, 0.2) is 0 Å². The van der Waals surface area contributed by atoms with E-state index in [4.69, 9.17) is 23.2 Å². The molecule has 0 bridgehead atoms. The van der Waals surface area contributed by atoms with Crippen molar-refractivity contribution < 1.29 is 17.6 Å². The van der Waals surface area contributed by atoms with Gasteiger partial charge in [-0.05, 0) is 35.9 Å². The van der Waals surface area contributed by atoms with Gasteiger partial charge in [0.25, 0.3) is 0 Å². The SMILES string of the molecule is O=C(CN(Cc1ccccc1)S(=O)(=O)c1cc(Cl)ccc1Cl)Nc1ccccc1F. The molecule has 1 amide bonds. The second kappa shape index (κ2) is 9.57. The maximum Gasteiger partial charge on any atom is 0.245 e. The van der Waals surface area contributed by atoms with E-state index < -0.39 is 28.3 Å². The first-order valence-corrected chi connectivity index (χ1v) is 11.0. The molecular weight excluding hydrogens is 450 g/mol. The highest BCUT2D eigenvalue weighted by molar-refractivity contribution is 7.89. The lowest BCUT2D eigenvalue weighted by Crippen LogP contribution is -2.37. The molecule has 5 nitrogen and oxygen atoms in total. The normalized spacial score (nSPS) is 11.5. The Labute approximate surface area is 184 Å². The summed E-state index contributed by atoms with van der Waals surface area (Å²) in [6.45, 7) is -0.634. The molecule has 9 heteroatoms. The number of nitrogens with one attached hydrogen (secondary N) is 1. The summed E-state index contributed by atoms with van der Waals surface area (Å²) in [5.74, 6) is -1.32. The van der Waals surface area contributed by atoms with Crippen molar-refractivity contribution in [3.63, 3.8) is 0 Å². The fourth-order valence-corrected chi connectivity index (χ4v) is 4.86. The number of nitrogens with zero attached hydrogens (tertiary/aromatic N) is 1. The molecule has 0 fully saturated rings. The zero-order valence-electron chi connectivity index (χ0n) is 15.6. The van der Waals surface area contributed by atoms with Gasteiger partial charge in [-0.2, -0.15) is 4.31 Å². The number of carbonyl (C=O) groups excluding carboxylic acids is 1. The van der Waals surface area contributed by atoms with E-state index in [9.17, 15) is 17.6 Å². The van der Waals surface area contributed by atoms with Gasteiger partial charge in [0, 0.05) is 11.6 Å². The number of amides is 1. The lowest BCUT2D eigenvalue weighted by Gasteiger charge is -2.22. The molecule has 0 saturated heterocycles. The fourth-order valence-electron chi connectivity index (χ4n) is 2.74. The predicted octanol–water partition coefficient (Wildman–Crippen LogP) is 4.96. The molecule has 156 valence electrons. The molecule has 0 unspecified atom stereocenters. The van der Waals surface area contributed by atoms with Gasteiger partial charge in [-0.25, -0.2) is 12.8 Å². The van der Waals surface area contributed by atoms with E-state index in [1.807, 2.05) is 0 Å². The third-order valence-electron chi connectivity index (χ3n) is 4.18. The van der Waals surface area contributed by atoms with Crippen molar-refractivity contribution in [3.8, 4) is 0 Å². The highest BCUT2D eigenvalue weighted by Gasteiger charge is 2.29. The molecule has 0 aromatic heterocycles. The Morgan fingerprint density at radius 1 is 0.967 bits per heavy atom. The minimum Gasteiger partial charge on any atom is -0.322 e. The lowest BCUT2D eigenvalue weighted by atomic mass is 10.2. The summed E-state index contributed by atoms with van der Waals surface area (Å²) >= 11 is 12.1. The van der Waals surface area contributed by atoms with Crippen molar-refractivity contribution in [1.82, 2.24) is 4.31 Å². The van der Waals surface area contributed by atoms with Crippen LogP contribution in [-0.2, 0) is 21.4 Å². The molecule has 1 N–H and O–H groups in total. The van der Waals surface area contributed by atoms with Gasteiger partial charge in [0.1, 0.15) is 10.7 Å². The highest BCUT2D eigenvalue weighted by atomic mass is 35.5. The van der Waals surface area contributed by atoms with Crippen molar-refractivity contribution in [2.45, 2.75) is 11.4 Å². The molecule has 0 radical (unpaired) electrons. The number of para-hydroxylation sites is 1. The van der Waals surface area contributed by atoms with Crippen LogP contribution in [0.1, 0.15) is 5.56 Å². The summed E-state index contributed by atoms with van der Waals surface area (Å²) in [4.78, 5) is 12.3. The number of anilines is 1. The van der Waals surface area contributed by atoms with E-state index in [1.54, 1.807) is 36.4 Å². The van der Waals surface area contributed by atoms with Crippen molar-refractivity contribution in [2.75, 3.05) is 11.9 Å². The summed E-state index contributed by atoms with van der Waals surface area (Å²) in [5, 5.41) is 2.56. The first-order chi connectivity index (χ1) is 14.3. The van der Waals surface area contributed by atoms with E-state index in [0.29, 0.717) is 5.56 Å². The first kappa shape index (κ1) is 22.2. The van der Waals surface area contributed by atoms with Gasteiger partial charge < -0.3 is 5.32 Å². The van der Waals surface area contributed by atoms with Gasteiger partial charge in [-0.1, -0.05) is 65.7 Å². The summed E-state index contributed by atoms with van der Waals surface area (Å²) in [6.07, 6.45) is 0. The van der Waals surface area contributed by atoms with Gasteiger partial charge in [0.05, 0.1) is 17.3 Å². The Morgan fingerprint density at radius 2 is 1.63 bits per heavy atom. The maximum absolute atomic E-state index is 13.9. The summed E-state index contributed by atoms with van der Waals surface area (Å²) in [6, 6.07) is 18.5. The van der Waals surface area contributed by atoms with Crippen LogP contribution in [0.4, 0.5) is 10.1 Å². The summed E-state index contributed by atoms with van der Waals surface area (Å²) < 4.78 is 41.4. The lowest BCUT2D eigenvalue weighted by molar-refractivity contribution is -0.116. The number of benzene rings is 3. The Morgan fingerprint density at radius 3 is 2.33 bits per heavy atom. The molecular formula is C21H17Cl2FN2O3S. The monoisotopic (exact) mass is 466 g/mol. The number of hydrogen-bond acceptors (Lipinski definition) is 3. The van der Waals surface area contributed by atoms with Crippen molar-refractivity contribution >= 4 is 44.8 Å². The fraction of sp³-hybridized carbons (Fsp3) is 0.0952. The van der Waals surface area contributed by atoms with Crippen molar-refractivity contribution in [2.24, 2.45) is 0 Å². The van der Waals surface area contributed by atoms with E-state index >= 15 is 0 Å². The molecule has 30 heavy (non-hydrogen) atoms. The molecule has 3 aromatic carbocycles. The standard InChI is InChI=1S/C21H17Cl2FN2O3S/c22-16-10-11-17(23)20(12-16)30(28,29)26(13-15-6-2-1-3-7-15)14-21(27)25-19-9-5-4-8-18(19)24/h1-12H,13-14H2,(H,25,27). The minimum absolute atomic E-state index is 0.0213. The molecule has 0 saturated carbocycles. The highest BCUT2D eigenvalue weighted by Crippen LogP contribution is 2.28. The third kappa shape index (κ3) is 5.37. The van der Waals surface area contributed by atoms with Crippen LogP contribution < -0.4 is 5.32 Å². The molecule has 0 aliphatic heterocycles. The molecule has 0 aliphatic rings. The summed E-state index contributed by atoms with van der Waals surface area (Å²) in [7, 11) is -4.19. The number of carbonyl (C=O) groups is 1. The first-order valence-electron chi connectivity index (χ1n) is 8.81. The van der Waals surface area contributed by atoms with Gasteiger partial charge in [-0.15, -0.1) is 0 Å². The van der Waals surface area contributed by atoms with Crippen LogP contribution >= 0.6 is 23.2 Å². The second-order valence-corrected chi connectivity index (χ2v) is 9.11. The molecule has 0 aliphatic carbocycles. The number of hydrogen-bond donors (Lipinski definition) is 1. The zero-order chi connectivity index (χ0) is 21.7. The quantitative estimate of drug-likeness (QED) is 0.534. The van der Waals surface area contributed by atoms with E-state index in [1.165, 1.54) is 36.4 Å². The van der Waals surface area contributed by atoms with E-state index in [0.717, 1.165) is 4.31 Å². The van der Waals surface area contributed by atoms with Crippen LogP contribution in [-0.4, -0.2) is 25.2 Å². The van der Waals surface area contributed by atoms with Crippen molar-refractivity contribution in [3.05, 3.63) is 94.2 Å². The van der Waals surface area contributed by atoms with Crippen LogP contribution in [0.25, 0.3) is 0 Å². The average molecular weight is 467 g/mol. The van der Waals surface area contributed by atoms with E-state index in [2.05, 4.69) is 5.32 Å².